The fourth-order valence-electron chi connectivity index (χ4n) is 4.01. The lowest BCUT2D eigenvalue weighted by molar-refractivity contribution is 0.0785. The van der Waals surface area contributed by atoms with Crippen LogP contribution in [0.3, 0.4) is 0 Å². The van der Waals surface area contributed by atoms with Gasteiger partial charge in [-0.2, -0.15) is 0 Å². The molecular formula is C24H28N2O5S. The number of rotatable bonds is 8. The van der Waals surface area contributed by atoms with Crippen LogP contribution in [0.1, 0.15) is 41.4 Å². The molecule has 2 heterocycles. The Morgan fingerprint density at radius 3 is 2.59 bits per heavy atom. The van der Waals surface area contributed by atoms with Crippen LogP contribution in [0.15, 0.2) is 57.8 Å². The molecule has 32 heavy (non-hydrogen) atoms. The van der Waals surface area contributed by atoms with Crippen molar-refractivity contribution < 1.29 is 22.4 Å². The van der Waals surface area contributed by atoms with Gasteiger partial charge in [-0.15, -0.1) is 0 Å². The number of amides is 1. The second-order valence-corrected chi connectivity index (χ2v) is 9.79. The van der Waals surface area contributed by atoms with Gasteiger partial charge < -0.3 is 14.1 Å². The number of carbonyl (C=O) groups is 1. The molecule has 170 valence electrons. The third-order valence-corrected chi connectivity index (χ3v) is 7.22. The molecule has 1 atom stereocenters. The van der Waals surface area contributed by atoms with Gasteiger partial charge in [-0.05, 0) is 43.2 Å². The molecule has 1 aromatic heterocycles. The summed E-state index contributed by atoms with van der Waals surface area (Å²) in [6, 6.07) is 13.8. The number of ether oxygens (including phenoxy) is 1. The molecule has 3 aromatic rings. The number of hydrogen-bond acceptors (Lipinski definition) is 5. The molecule has 1 fully saturated rings. The van der Waals surface area contributed by atoms with Crippen LogP contribution in [0.25, 0.3) is 11.0 Å². The number of fused-ring (bicyclic) bond motifs is 1. The first kappa shape index (κ1) is 22.5. The van der Waals surface area contributed by atoms with Crippen LogP contribution in [-0.4, -0.2) is 45.5 Å². The number of nitrogens with zero attached hydrogens (tertiary/aromatic N) is 1. The van der Waals surface area contributed by atoms with E-state index in [2.05, 4.69) is 4.72 Å². The summed E-state index contributed by atoms with van der Waals surface area (Å²) in [4.78, 5) is 14.7. The minimum absolute atomic E-state index is 0.0775. The van der Waals surface area contributed by atoms with Crippen LogP contribution in [0.2, 0.25) is 0 Å². The van der Waals surface area contributed by atoms with E-state index in [1.807, 2.05) is 31.2 Å². The second-order valence-electron chi connectivity index (χ2n) is 8.03. The number of sulfonamides is 1. The van der Waals surface area contributed by atoms with Crippen molar-refractivity contribution in [3.05, 3.63) is 65.4 Å². The fourth-order valence-corrected chi connectivity index (χ4v) is 5.07. The van der Waals surface area contributed by atoms with Crippen LogP contribution in [0, 0.1) is 0 Å². The van der Waals surface area contributed by atoms with Crippen LogP contribution < -0.4 is 4.72 Å². The highest BCUT2D eigenvalue weighted by Gasteiger charge is 2.22. The van der Waals surface area contributed by atoms with Crippen molar-refractivity contribution in [1.82, 2.24) is 9.62 Å². The summed E-state index contributed by atoms with van der Waals surface area (Å²) in [5.41, 5.74) is 2.23. The molecule has 1 aliphatic heterocycles. The van der Waals surface area contributed by atoms with Gasteiger partial charge in [0.25, 0.3) is 5.91 Å². The Hall–Kier alpha value is -2.68. The quantitative estimate of drug-likeness (QED) is 0.558. The Kier molecular flexibility index (Phi) is 6.64. The van der Waals surface area contributed by atoms with E-state index in [1.54, 1.807) is 24.1 Å². The van der Waals surface area contributed by atoms with Gasteiger partial charge in [0.05, 0.1) is 11.0 Å². The summed E-state index contributed by atoms with van der Waals surface area (Å²) in [5.74, 6) is 0.679. The highest BCUT2D eigenvalue weighted by atomic mass is 32.2. The van der Waals surface area contributed by atoms with Crippen molar-refractivity contribution in [1.29, 1.82) is 0 Å². The lowest BCUT2D eigenvalue weighted by atomic mass is 10.1. The highest BCUT2D eigenvalue weighted by molar-refractivity contribution is 7.89. The largest absolute Gasteiger partial charge is 0.461 e. The first-order valence-electron chi connectivity index (χ1n) is 10.8. The van der Waals surface area contributed by atoms with Gasteiger partial charge in [-0.25, -0.2) is 13.1 Å². The smallest absolute Gasteiger partial charge is 0.253 e. The predicted molar refractivity (Wildman–Crippen MR) is 122 cm³/mol. The number of carbonyl (C=O) groups excluding carboxylic acids is 1. The lowest BCUT2D eigenvalue weighted by Crippen LogP contribution is -2.32. The molecule has 1 amide bonds. The minimum Gasteiger partial charge on any atom is -0.461 e. The zero-order chi connectivity index (χ0) is 22.7. The van der Waals surface area contributed by atoms with Crippen LogP contribution >= 0.6 is 0 Å². The maximum absolute atomic E-state index is 13.0. The third kappa shape index (κ3) is 4.72. The van der Waals surface area contributed by atoms with Crippen molar-refractivity contribution in [3.63, 3.8) is 0 Å². The molecule has 1 unspecified atom stereocenters. The van der Waals surface area contributed by atoms with Gasteiger partial charge in [0.15, 0.2) is 0 Å². The van der Waals surface area contributed by atoms with E-state index in [0.29, 0.717) is 18.7 Å². The molecule has 1 saturated heterocycles. The van der Waals surface area contributed by atoms with Crippen LogP contribution in [-0.2, 0) is 27.7 Å². The van der Waals surface area contributed by atoms with Crippen molar-refractivity contribution in [2.24, 2.45) is 0 Å². The summed E-state index contributed by atoms with van der Waals surface area (Å²) < 4.78 is 39.1. The summed E-state index contributed by atoms with van der Waals surface area (Å²) in [7, 11) is -1.92. The average Bonchev–Trinajstić information content (AvgIpc) is 3.45. The van der Waals surface area contributed by atoms with Gasteiger partial charge in [-0.3, -0.25) is 4.79 Å². The highest BCUT2D eigenvalue weighted by Crippen LogP contribution is 2.27. The Morgan fingerprint density at radius 1 is 1.16 bits per heavy atom. The molecule has 0 bridgehead atoms. The number of para-hydroxylation sites is 1. The summed E-state index contributed by atoms with van der Waals surface area (Å²) in [6.07, 6.45) is 2.46. The van der Waals surface area contributed by atoms with Gasteiger partial charge in [0.2, 0.25) is 10.0 Å². The minimum atomic E-state index is -3.65. The summed E-state index contributed by atoms with van der Waals surface area (Å²) in [6.45, 7) is 3.35. The Balaban J connectivity index is 1.45. The zero-order valence-electron chi connectivity index (χ0n) is 18.3. The molecule has 0 saturated carbocycles. The monoisotopic (exact) mass is 456 g/mol. The maximum atomic E-state index is 13.0. The number of aryl methyl sites for hydroxylation is 1. The first-order valence-corrected chi connectivity index (χ1v) is 12.3. The van der Waals surface area contributed by atoms with E-state index < -0.39 is 10.0 Å². The Bertz CT molecular complexity index is 1190. The standard InChI is InChI=1S/C24H28N2O5S/c1-3-22-21(20-8-4-5-9-23(20)31-22)16-26(2)24(27)17-10-12-19(13-11-17)32(28,29)25-15-18-7-6-14-30-18/h4-5,8-13,18,25H,3,6-7,14-16H2,1-2H3. The number of benzene rings is 2. The van der Waals surface area contributed by atoms with Crippen molar-refractivity contribution in [2.45, 2.75) is 43.7 Å². The molecule has 2 aromatic carbocycles. The molecule has 0 spiro atoms. The van der Waals surface area contributed by atoms with E-state index in [0.717, 1.165) is 41.6 Å². The van der Waals surface area contributed by atoms with Crippen molar-refractivity contribution in [2.75, 3.05) is 20.2 Å². The second kappa shape index (κ2) is 9.44. The van der Waals surface area contributed by atoms with Crippen molar-refractivity contribution in [3.8, 4) is 0 Å². The van der Waals surface area contributed by atoms with Gasteiger partial charge in [0, 0.05) is 49.7 Å². The average molecular weight is 457 g/mol. The van der Waals surface area contributed by atoms with Crippen molar-refractivity contribution >= 4 is 26.9 Å². The lowest BCUT2D eigenvalue weighted by Gasteiger charge is -2.18. The SMILES string of the molecule is CCc1oc2ccccc2c1CN(C)C(=O)c1ccc(S(=O)(=O)NCC2CCCO2)cc1. The maximum Gasteiger partial charge on any atom is 0.253 e. The molecule has 8 heteroatoms. The Morgan fingerprint density at radius 2 is 1.91 bits per heavy atom. The summed E-state index contributed by atoms with van der Waals surface area (Å²) in [5, 5.41) is 1.00. The molecule has 0 aliphatic carbocycles. The van der Waals surface area contributed by atoms with E-state index in [9.17, 15) is 13.2 Å². The number of nitrogens with one attached hydrogen (secondary N) is 1. The molecule has 7 nitrogen and oxygen atoms in total. The Labute approximate surface area is 188 Å². The molecule has 1 N–H and O–H groups in total. The first-order chi connectivity index (χ1) is 15.4. The topological polar surface area (TPSA) is 88.9 Å². The normalized spacial score (nSPS) is 16.5. The van der Waals surface area contributed by atoms with E-state index in [1.165, 1.54) is 12.1 Å². The molecular weight excluding hydrogens is 428 g/mol. The summed E-state index contributed by atoms with van der Waals surface area (Å²) >= 11 is 0. The number of furan rings is 1. The van der Waals surface area contributed by atoms with E-state index >= 15 is 0 Å². The van der Waals surface area contributed by atoms with Crippen LogP contribution in [0.4, 0.5) is 0 Å². The molecule has 1 aliphatic rings. The van der Waals surface area contributed by atoms with Gasteiger partial charge >= 0.3 is 0 Å². The molecule has 0 radical (unpaired) electrons. The van der Waals surface area contributed by atoms with Gasteiger partial charge in [-0.1, -0.05) is 25.1 Å². The molecule has 4 rings (SSSR count). The zero-order valence-corrected chi connectivity index (χ0v) is 19.2. The third-order valence-electron chi connectivity index (χ3n) is 5.78. The number of hydrogen-bond donors (Lipinski definition) is 1. The fraction of sp³-hybridized carbons (Fsp3) is 0.375. The van der Waals surface area contributed by atoms with E-state index in [4.69, 9.17) is 9.15 Å². The van der Waals surface area contributed by atoms with Crippen LogP contribution in [0.5, 0.6) is 0 Å². The predicted octanol–water partition coefficient (Wildman–Crippen LogP) is 3.72. The van der Waals surface area contributed by atoms with Gasteiger partial charge in [0.1, 0.15) is 11.3 Å². The van der Waals surface area contributed by atoms with E-state index in [-0.39, 0.29) is 23.5 Å².